The van der Waals surface area contributed by atoms with E-state index in [0.29, 0.717) is 6.61 Å². The lowest BCUT2D eigenvalue weighted by atomic mass is 10.1. The first kappa shape index (κ1) is 13.1. The molecule has 0 unspecified atom stereocenters. The van der Waals surface area contributed by atoms with Gasteiger partial charge < -0.3 is 9.30 Å². The molecule has 0 fully saturated rings. The SMILES string of the molecule is CCOC(=O)/C=C/c1cccc(Cn2ccnc2)c1. The Labute approximate surface area is 112 Å². The third-order valence-corrected chi connectivity index (χ3v) is 2.57. The third-order valence-electron chi connectivity index (χ3n) is 2.57. The molecule has 0 N–H and O–H groups in total. The molecule has 0 aliphatic heterocycles. The number of aromatic nitrogens is 2. The maximum absolute atomic E-state index is 11.2. The summed E-state index contributed by atoms with van der Waals surface area (Å²) in [6, 6.07) is 8.00. The van der Waals surface area contributed by atoms with Crippen molar-refractivity contribution in [3.8, 4) is 0 Å². The number of rotatable bonds is 5. The van der Waals surface area contributed by atoms with Crippen LogP contribution in [0.2, 0.25) is 0 Å². The minimum absolute atomic E-state index is 0.317. The van der Waals surface area contributed by atoms with Crippen LogP contribution in [0.15, 0.2) is 49.1 Å². The fourth-order valence-electron chi connectivity index (χ4n) is 1.74. The molecular weight excluding hydrogens is 240 g/mol. The number of hydrogen-bond donors (Lipinski definition) is 0. The monoisotopic (exact) mass is 256 g/mol. The Morgan fingerprint density at radius 2 is 2.37 bits per heavy atom. The van der Waals surface area contributed by atoms with Crippen molar-refractivity contribution in [1.29, 1.82) is 0 Å². The Hall–Kier alpha value is -2.36. The second-order valence-corrected chi connectivity index (χ2v) is 4.07. The first-order chi connectivity index (χ1) is 9.28. The van der Waals surface area contributed by atoms with Crippen LogP contribution in [0.25, 0.3) is 6.08 Å². The second kappa shape index (κ2) is 6.54. The van der Waals surface area contributed by atoms with E-state index in [2.05, 4.69) is 4.98 Å². The summed E-state index contributed by atoms with van der Waals surface area (Å²) < 4.78 is 6.84. The molecule has 0 amide bonds. The highest BCUT2D eigenvalue weighted by molar-refractivity contribution is 5.87. The first-order valence-corrected chi connectivity index (χ1v) is 6.17. The van der Waals surface area contributed by atoms with Crippen LogP contribution in [0, 0.1) is 0 Å². The smallest absolute Gasteiger partial charge is 0.330 e. The van der Waals surface area contributed by atoms with Gasteiger partial charge >= 0.3 is 5.97 Å². The molecule has 19 heavy (non-hydrogen) atoms. The van der Waals surface area contributed by atoms with Gasteiger partial charge in [-0.2, -0.15) is 0 Å². The van der Waals surface area contributed by atoms with Gasteiger partial charge in [-0.1, -0.05) is 18.2 Å². The van der Waals surface area contributed by atoms with E-state index in [4.69, 9.17) is 4.74 Å². The van der Waals surface area contributed by atoms with Crippen LogP contribution >= 0.6 is 0 Å². The van der Waals surface area contributed by atoms with E-state index in [9.17, 15) is 4.79 Å². The summed E-state index contributed by atoms with van der Waals surface area (Å²) in [5.41, 5.74) is 2.13. The molecule has 98 valence electrons. The van der Waals surface area contributed by atoms with Crippen LogP contribution < -0.4 is 0 Å². The van der Waals surface area contributed by atoms with Crippen LogP contribution in [0.5, 0.6) is 0 Å². The molecule has 0 aliphatic carbocycles. The lowest BCUT2D eigenvalue weighted by Gasteiger charge is -2.03. The normalized spacial score (nSPS) is 10.8. The summed E-state index contributed by atoms with van der Waals surface area (Å²) in [5.74, 6) is -0.317. The molecule has 0 radical (unpaired) electrons. The Bertz CT molecular complexity index is 559. The first-order valence-electron chi connectivity index (χ1n) is 6.17. The van der Waals surface area contributed by atoms with Gasteiger partial charge in [0.15, 0.2) is 0 Å². The third kappa shape index (κ3) is 4.10. The lowest BCUT2D eigenvalue weighted by molar-refractivity contribution is -0.137. The molecule has 2 aromatic rings. The van der Waals surface area contributed by atoms with Crippen LogP contribution in [0.4, 0.5) is 0 Å². The molecule has 0 aliphatic rings. The molecule has 1 heterocycles. The van der Waals surface area contributed by atoms with Gasteiger partial charge in [-0.3, -0.25) is 0 Å². The molecule has 0 atom stereocenters. The minimum atomic E-state index is -0.317. The van der Waals surface area contributed by atoms with Crippen molar-refractivity contribution in [2.24, 2.45) is 0 Å². The summed E-state index contributed by atoms with van der Waals surface area (Å²) in [4.78, 5) is 15.2. The topological polar surface area (TPSA) is 44.1 Å². The average Bonchev–Trinajstić information content (AvgIpc) is 2.90. The highest BCUT2D eigenvalue weighted by Crippen LogP contribution is 2.09. The summed E-state index contributed by atoms with van der Waals surface area (Å²) in [5, 5.41) is 0. The summed E-state index contributed by atoms with van der Waals surface area (Å²) in [7, 11) is 0. The van der Waals surface area contributed by atoms with E-state index in [1.54, 1.807) is 25.5 Å². The van der Waals surface area contributed by atoms with Gasteiger partial charge in [-0.15, -0.1) is 0 Å². The van der Waals surface area contributed by atoms with E-state index in [-0.39, 0.29) is 5.97 Å². The number of benzene rings is 1. The van der Waals surface area contributed by atoms with Gasteiger partial charge in [0, 0.05) is 25.0 Å². The quantitative estimate of drug-likeness (QED) is 0.610. The van der Waals surface area contributed by atoms with Crippen LogP contribution in [-0.4, -0.2) is 22.1 Å². The van der Waals surface area contributed by atoms with Crippen molar-refractivity contribution in [3.63, 3.8) is 0 Å². The molecule has 0 bridgehead atoms. The average molecular weight is 256 g/mol. The summed E-state index contributed by atoms with van der Waals surface area (Å²) in [6.45, 7) is 2.95. The molecule has 1 aromatic heterocycles. The zero-order chi connectivity index (χ0) is 13.5. The predicted molar refractivity (Wildman–Crippen MR) is 73.4 cm³/mol. The van der Waals surface area contributed by atoms with Crippen LogP contribution in [0.1, 0.15) is 18.1 Å². The summed E-state index contributed by atoms with van der Waals surface area (Å²) >= 11 is 0. The second-order valence-electron chi connectivity index (χ2n) is 4.07. The Balaban J connectivity index is 2.04. The van der Waals surface area contributed by atoms with Crippen molar-refractivity contribution in [2.75, 3.05) is 6.61 Å². The fraction of sp³-hybridized carbons (Fsp3) is 0.200. The van der Waals surface area contributed by atoms with Gasteiger partial charge in [0.25, 0.3) is 0 Å². The van der Waals surface area contributed by atoms with Crippen LogP contribution in [0.3, 0.4) is 0 Å². The van der Waals surface area contributed by atoms with Crippen molar-refractivity contribution in [1.82, 2.24) is 9.55 Å². The zero-order valence-corrected chi connectivity index (χ0v) is 10.8. The van der Waals surface area contributed by atoms with Crippen molar-refractivity contribution >= 4 is 12.0 Å². The molecule has 0 spiro atoms. The number of hydrogen-bond acceptors (Lipinski definition) is 3. The molecule has 2 rings (SSSR count). The fourth-order valence-corrected chi connectivity index (χ4v) is 1.74. The molecule has 4 nitrogen and oxygen atoms in total. The Morgan fingerprint density at radius 3 is 3.11 bits per heavy atom. The van der Waals surface area contributed by atoms with Gasteiger partial charge in [0.1, 0.15) is 0 Å². The van der Waals surface area contributed by atoms with Gasteiger partial charge in [-0.25, -0.2) is 9.78 Å². The predicted octanol–water partition coefficient (Wildman–Crippen LogP) is 2.51. The van der Waals surface area contributed by atoms with E-state index >= 15 is 0 Å². The molecule has 0 saturated heterocycles. The van der Waals surface area contributed by atoms with Gasteiger partial charge in [0.05, 0.1) is 12.9 Å². The summed E-state index contributed by atoms with van der Waals surface area (Å²) in [6.07, 6.45) is 8.65. The highest BCUT2D eigenvalue weighted by atomic mass is 16.5. The van der Waals surface area contributed by atoms with Crippen molar-refractivity contribution in [3.05, 3.63) is 60.2 Å². The lowest BCUT2D eigenvalue weighted by Crippen LogP contribution is -1.99. The molecular formula is C15H16N2O2. The number of imidazole rings is 1. The van der Waals surface area contributed by atoms with E-state index in [1.165, 1.54) is 6.08 Å². The maximum Gasteiger partial charge on any atom is 0.330 e. The number of ether oxygens (including phenoxy) is 1. The largest absolute Gasteiger partial charge is 0.463 e. The van der Waals surface area contributed by atoms with E-state index in [0.717, 1.165) is 17.7 Å². The van der Waals surface area contributed by atoms with E-state index < -0.39 is 0 Å². The Morgan fingerprint density at radius 1 is 1.47 bits per heavy atom. The van der Waals surface area contributed by atoms with Crippen LogP contribution in [-0.2, 0) is 16.1 Å². The van der Waals surface area contributed by atoms with Gasteiger partial charge in [-0.05, 0) is 30.2 Å². The number of carbonyl (C=O) groups is 1. The van der Waals surface area contributed by atoms with Gasteiger partial charge in [0.2, 0.25) is 0 Å². The minimum Gasteiger partial charge on any atom is -0.463 e. The molecule has 4 heteroatoms. The number of carbonyl (C=O) groups excluding carboxylic acids is 1. The number of nitrogens with zero attached hydrogens (tertiary/aromatic N) is 2. The Kier molecular flexibility index (Phi) is 4.50. The molecule has 1 aromatic carbocycles. The maximum atomic E-state index is 11.2. The van der Waals surface area contributed by atoms with Crippen molar-refractivity contribution < 1.29 is 9.53 Å². The number of esters is 1. The molecule has 0 saturated carbocycles. The highest BCUT2D eigenvalue weighted by Gasteiger charge is 1.97. The zero-order valence-electron chi connectivity index (χ0n) is 10.8. The van der Waals surface area contributed by atoms with Crippen molar-refractivity contribution in [2.45, 2.75) is 13.5 Å². The van der Waals surface area contributed by atoms with E-state index in [1.807, 2.05) is 35.0 Å². The standard InChI is InChI=1S/C15H16N2O2/c1-2-19-15(18)7-6-13-4-3-5-14(10-13)11-17-9-8-16-12-17/h3-10,12H,2,11H2,1H3/b7-6+.